The van der Waals surface area contributed by atoms with Crippen LogP contribution >= 0.6 is 0 Å². The Balaban J connectivity index is 2.12. The molecule has 2 heterocycles. The fourth-order valence-electron chi connectivity index (χ4n) is 1.65. The maximum absolute atomic E-state index is 12.0. The predicted octanol–water partition coefficient (Wildman–Crippen LogP) is 0.768. The summed E-state index contributed by atoms with van der Waals surface area (Å²) in [6.07, 6.45) is 3.93. The molecule has 6 heteroatoms. The molecule has 0 saturated heterocycles. The number of aliphatic hydroxyl groups excluding tert-OH is 1. The van der Waals surface area contributed by atoms with Gasteiger partial charge >= 0.3 is 0 Å². The van der Waals surface area contributed by atoms with Crippen LogP contribution in [0.15, 0.2) is 36.7 Å². The van der Waals surface area contributed by atoms with Gasteiger partial charge in [-0.25, -0.2) is 9.67 Å². The molecule has 0 saturated carbocycles. The van der Waals surface area contributed by atoms with E-state index in [9.17, 15) is 4.79 Å². The van der Waals surface area contributed by atoms with Crippen LogP contribution in [0.3, 0.4) is 0 Å². The maximum atomic E-state index is 12.0. The summed E-state index contributed by atoms with van der Waals surface area (Å²) < 4.78 is 1.59. The van der Waals surface area contributed by atoms with Crippen molar-refractivity contribution in [3.05, 3.63) is 42.4 Å². The standard InChI is InChI=1S/C13H16N4O2/c1-10(6-9-18)15-13(19)11-4-2-5-12(16-11)17-8-3-7-14-17/h2-5,7-8,10,18H,6,9H2,1H3,(H,15,19). The number of pyridine rings is 1. The second-order valence-electron chi connectivity index (χ2n) is 4.22. The van der Waals surface area contributed by atoms with Gasteiger partial charge in [-0.1, -0.05) is 6.07 Å². The maximum Gasteiger partial charge on any atom is 0.270 e. The molecule has 0 bridgehead atoms. The van der Waals surface area contributed by atoms with Crippen LogP contribution in [0.1, 0.15) is 23.8 Å². The van der Waals surface area contributed by atoms with E-state index in [0.717, 1.165) is 0 Å². The van der Waals surface area contributed by atoms with E-state index in [4.69, 9.17) is 5.11 Å². The number of carbonyl (C=O) groups excluding carboxylic acids is 1. The molecule has 0 aliphatic heterocycles. The van der Waals surface area contributed by atoms with Crippen LogP contribution in [-0.4, -0.2) is 38.4 Å². The summed E-state index contributed by atoms with van der Waals surface area (Å²) in [6.45, 7) is 1.88. The lowest BCUT2D eigenvalue weighted by molar-refractivity contribution is 0.0929. The average molecular weight is 260 g/mol. The molecule has 0 aromatic carbocycles. The van der Waals surface area contributed by atoms with Gasteiger partial charge in [0.1, 0.15) is 5.69 Å². The van der Waals surface area contributed by atoms with Crippen molar-refractivity contribution in [2.24, 2.45) is 0 Å². The Labute approximate surface area is 111 Å². The Kier molecular flexibility index (Phi) is 4.25. The normalized spacial score (nSPS) is 12.1. The highest BCUT2D eigenvalue weighted by atomic mass is 16.3. The van der Waals surface area contributed by atoms with Gasteiger partial charge in [0.05, 0.1) is 0 Å². The zero-order valence-electron chi connectivity index (χ0n) is 10.7. The predicted molar refractivity (Wildman–Crippen MR) is 70.0 cm³/mol. The van der Waals surface area contributed by atoms with E-state index in [2.05, 4.69) is 15.4 Å². The number of hydrogen-bond acceptors (Lipinski definition) is 4. The van der Waals surface area contributed by atoms with Gasteiger partial charge in [-0.2, -0.15) is 5.10 Å². The van der Waals surface area contributed by atoms with E-state index < -0.39 is 0 Å². The summed E-state index contributed by atoms with van der Waals surface area (Å²) in [4.78, 5) is 16.2. The van der Waals surface area contributed by atoms with Gasteiger partial charge in [0.15, 0.2) is 5.82 Å². The number of rotatable bonds is 5. The Hall–Kier alpha value is -2.21. The van der Waals surface area contributed by atoms with Crippen molar-refractivity contribution in [1.29, 1.82) is 0 Å². The number of nitrogens with zero attached hydrogens (tertiary/aromatic N) is 3. The molecule has 6 nitrogen and oxygen atoms in total. The van der Waals surface area contributed by atoms with Crippen LogP contribution < -0.4 is 5.32 Å². The van der Waals surface area contributed by atoms with Crippen LogP contribution in [0.2, 0.25) is 0 Å². The molecule has 0 radical (unpaired) electrons. The van der Waals surface area contributed by atoms with Gasteiger partial charge in [-0.15, -0.1) is 0 Å². The van der Waals surface area contributed by atoms with Crippen molar-refractivity contribution in [1.82, 2.24) is 20.1 Å². The minimum absolute atomic E-state index is 0.0439. The van der Waals surface area contributed by atoms with Crippen molar-refractivity contribution in [3.8, 4) is 5.82 Å². The lowest BCUT2D eigenvalue weighted by Gasteiger charge is -2.12. The number of carbonyl (C=O) groups is 1. The van der Waals surface area contributed by atoms with Gasteiger partial charge < -0.3 is 10.4 Å². The minimum atomic E-state index is -0.255. The van der Waals surface area contributed by atoms with Gasteiger partial charge in [0.25, 0.3) is 5.91 Å². The first-order chi connectivity index (χ1) is 9.20. The highest BCUT2D eigenvalue weighted by Crippen LogP contribution is 2.05. The van der Waals surface area contributed by atoms with Gasteiger partial charge in [0.2, 0.25) is 0 Å². The van der Waals surface area contributed by atoms with Gasteiger partial charge in [-0.3, -0.25) is 4.79 Å². The Bertz CT molecular complexity index is 539. The third kappa shape index (κ3) is 3.38. The molecule has 2 rings (SSSR count). The number of aliphatic hydroxyl groups is 1. The summed E-state index contributed by atoms with van der Waals surface area (Å²) in [7, 11) is 0. The third-order valence-corrected chi connectivity index (χ3v) is 2.65. The molecule has 1 atom stereocenters. The molecule has 2 N–H and O–H groups in total. The zero-order valence-corrected chi connectivity index (χ0v) is 10.7. The molecule has 0 fully saturated rings. The number of amides is 1. The zero-order chi connectivity index (χ0) is 13.7. The summed E-state index contributed by atoms with van der Waals surface area (Å²) in [5.74, 6) is 0.336. The first-order valence-corrected chi connectivity index (χ1v) is 6.09. The lowest BCUT2D eigenvalue weighted by Crippen LogP contribution is -2.33. The summed E-state index contributed by atoms with van der Waals surface area (Å²) in [5.41, 5.74) is 0.331. The van der Waals surface area contributed by atoms with E-state index in [1.807, 2.05) is 6.92 Å². The number of nitrogens with one attached hydrogen (secondary N) is 1. The molecule has 0 aliphatic carbocycles. The van der Waals surface area contributed by atoms with Crippen LogP contribution in [-0.2, 0) is 0 Å². The Morgan fingerprint density at radius 3 is 3.00 bits per heavy atom. The molecular weight excluding hydrogens is 244 g/mol. The van der Waals surface area contributed by atoms with Crippen molar-refractivity contribution in [2.75, 3.05) is 6.61 Å². The van der Waals surface area contributed by atoms with E-state index >= 15 is 0 Å². The van der Waals surface area contributed by atoms with E-state index in [-0.39, 0.29) is 18.6 Å². The molecule has 2 aromatic rings. The number of aromatic nitrogens is 3. The third-order valence-electron chi connectivity index (χ3n) is 2.65. The monoisotopic (exact) mass is 260 g/mol. The molecular formula is C13H16N4O2. The van der Waals surface area contributed by atoms with Crippen LogP contribution in [0.25, 0.3) is 5.82 Å². The summed E-state index contributed by atoms with van der Waals surface area (Å²) >= 11 is 0. The van der Waals surface area contributed by atoms with Gasteiger partial charge in [0, 0.05) is 25.0 Å². The number of hydrogen-bond donors (Lipinski definition) is 2. The smallest absolute Gasteiger partial charge is 0.270 e. The van der Waals surface area contributed by atoms with Crippen molar-refractivity contribution >= 4 is 5.91 Å². The second-order valence-corrected chi connectivity index (χ2v) is 4.22. The molecule has 0 aliphatic rings. The SMILES string of the molecule is CC(CCO)NC(=O)c1cccc(-n2cccn2)n1. The van der Waals surface area contributed by atoms with Gasteiger partial charge in [-0.05, 0) is 31.5 Å². The molecule has 2 aromatic heterocycles. The van der Waals surface area contributed by atoms with E-state index in [1.54, 1.807) is 41.3 Å². The van der Waals surface area contributed by atoms with E-state index in [0.29, 0.717) is 17.9 Å². The fourth-order valence-corrected chi connectivity index (χ4v) is 1.65. The Morgan fingerprint density at radius 2 is 2.32 bits per heavy atom. The molecule has 100 valence electrons. The van der Waals surface area contributed by atoms with Crippen LogP contribution in [0.4, 0.5) is 0 Å². The highest BCUT2D eigenvalue weighted by molar-refractivity contribution is 5.92. The molecule has 19 heavy (non-hydrogen) atoms. The summed E-state index contributed by atoms with van der Waals surface area (Å²) in [6, 6.07) is 6.88. The minimum Gasteiger partial charge on any atom is -0.396 e. The van der Waals surface area contributed by atoms with Crippen molar-refractivity contribution < 1.29 is 9.90 Å². The Morgan fingerprint density at radius 1 is 1.47 bits per heavy atom. The van der Waals surface area contributed by atoms with Crippen LogP contribution in [0.5, 0.6) is 0 Å². The summed E-state index contributed by atoms with van der Waals surface area (Å²) in [5, 5.41) is 15.7. The largest absolute Gasteiger partial charge is 0.396 e. The highest BCUT2D eigenvalue weighted by Gasteiger charge is 2.11. The van der Waals surface area contributed by atoms with Crippen LogP contribution in [0, 0.1) is 0 Å². The van der Waals surface area contributed by atoms with Crippen molar-refractivity contribution in [3.63, 3.8) is 0 Å². The topological polar surface area (TPSA) is 80.0 Å². The molecule has 1 unspecified atom stereocenters. The average Bonchev–Trinajstić information content (AvgIpc) is 2.93. The van der Waals surface area contributed by atoms with Crippen molar-refractivity contribution in [2.45, 2.75) is 19.4 Å². The first kappa shape index (κ1) is 13.2. The van der Waals surface area contributed by atoms with E-state index in [1.165, 1.54) is 0 Å². The molecule has 1 amide bonds. The molecule has 0 spiro atoms. The first-order valence-electron chi connectivity index (χ1n) is 6.09. The second kappa shape index (κ2) is 6.10. The quantitative estimate of drug-likeness (QED) is 0.832. The lowest BCUT2D eigenvalue weighted by atomic mass is 10.2. The fraction of sp³-hybridized carbons (Fsp3) is 0.308.